The van der Waals surface area contributed by atoms with Crippen LogP contribution in [0.5, 0.6) is 0 Å². The lowest BCUT2D eigenvalue weighted by Gasteiger charge is -2.49. The molecule has 0 aromatic heterocycles. The van der Waals surface area contributed by atoms with Crippen LogP contribution in [0.4, 0.5) is 0 Å². The summed E-state index contributed by atoms with van der Waals surface area (Å²) < 4.78 is 0. The Morgan fingerprint density at radius 2 is 1.50 bits per heavy atom. The lowest BCUT2D eigenvalue weighted by Crippen LogP contribution is -2.39. The quantitative estimate of drug-likeness (QED) is 0.586. The molecule has 2 saturated carbocycles. The predicted octanol–water partition coefficient (Wildman–Crippen LogP) is 5.56. The van der Waals surface area contributed by atoms with E-state index in [2.05, 4.69) is 13.8 Å². The zero-order chi connectivity index (χ0) is 11.4. The Labute approximate surface area is 102 Å². The normalized spacial score (nSPS) is 28.9. The molecular formula is C16H30. The van der Waals surface area contributed by atoms with Crippen LogP contribution in [0.25, 0.3) is 0 Å². The second-order valence-corrected chi connectivity index (χ2v) is 6.44. The van der Waals surface area contributed by atoms with Gasteiger partial charge in [0, 0.05) is 0 Å². The van der Waals surface area contributed by atoms with Gasteiger partial charge in [0.15, 0.2) is 0 Å². The summed E-state index contributed by atoms with van der Waals surface area (Å²) in [5.41, 5.74) is 0.757. The highest BCUT2D eigenvalue weighted by Crippen LogP contribution is 2.53. The van der Waals surface area contributed by atoms with E-state index in [1.165, 1.54) is 44.9 Å². The second kappa shape index (κ2) is 5.56. The van der Waals surface area contributed by atoms with Crippen molar-refractivity contribution in [1.29, 1.82) is 0 Å². The van der Waals surface area contributed by atoms with E-state index in [4.69, 9.17) is 0 Å². The molecule has 0 aromatic rings. The van der Waals surface area contributed by atoms with Gasteiger partial charge < -0.3 is 0 Å². The Balaban J connectivity index is 2.11. The smallest absolute Gasteiger partial charge is 0.0244 e. The van der Waals surface area contributed by atoms with Gasteiger partial charge in [0.1, 0.15) is 0 Å². The molecule has 0 spiro atoms. The minimum Gasteiger partial charge on any atom is -0.0651 e. The minimum absolute atomic E-state index is 0.757. The summed E-state index contributed by atoms with van der Waals surface area (Å²) in [6.45, 7) is 4.95. The largest absolute Gasteiger partial charge is 0.0651 e. The molecule has 1 atom stereocenters. The molecule has 1 unspecified atom stereocenters. The van der Waals surface area contributed by atoms with E-state index in [0.29, 0.717) is 0 Å². The Hall–Kier alpha value is 0. The van der Waals surface area contributed by atoms with Crippen LogP contribution in [0.1, 0.15) is 84.5 Å². The van der Waals surface area contributed by atoms with Gasteiger partial charge in [-0.2, -0.15) is 0 Å². The van der Waals surface area contributed by atoms with E-state index in [1.54, 1.807) is 25.7 Å². The molecule has 2 aliphatic carbocycles. The maximum atomic E-state index is 2.54. The van der Waals surface area contributed by atoms with Crippen LogP contribution in [0.2, 0.25) is 0 Å². The first-order valence-corrected chi connectivity index (χ1v) is 7.79. The summed E-state index contributed by atoms with van der Waals surface area (Å²) in [6, 6.07) is 0. The maximum absolute atomic E-state index is 2.54. The highest BCUT2D eigenvalue weighted by atomic mass is 14.5. The monoisotopic (exact) mass is 222 g/mol. The molecule has 0 heterocycles. The second-order valence-electron chi connectivity index (χ2n) is 6.44. The van der Waals surface area contributed by atoms with Crippen molar-refractivity contribution in [3.05, 3.63) is 0 Å². The number of hydrogen-bond acceptors (Lipinski definition) is 0. The van der Waals surface area contributed by atoms with Crippen molar-refractivity contribution < 1.29 is 0 Å². The molecule has 0 heteroatoms. The fourth-order valence-corrected chi connectivity index (χ4v) is 4.60. The molecule has 2 aliphatic rings. The van der Waals surface area contributed by atoms with Gasteiger partial charge >= 0.3 is 0 Å². The molecule has 2 fully saturated rings. The van der Waals surface area contributed by atoms with E-state index < -0.39 is 0 Å². The van der Waals surface area contributed by atoms with Gasteiger partial charge in [-0.1, -0.05) is 58.8 Å². The fraction of sp³-hybridized carbons (Fsp3) is 1.00. The van der Waals surface area contributed by atoms with Gasteiger partial charge in [-0.3, -0.25) is 0 Å². The molecule has 0 N–H and O–H groups in total. The third kappa shape index (κ3) is 2.31. The SMILES string of the molecule is CCC(C)C1(C2CCCCC2)CCCCC1. The standard InChI is InChI=1S/C16H30/c1-3-14(2)16(12-8-5-9-13-16)15-10-6-4-7-11-15/h14-15H,3-13H2,1-2H3. The molecule has 2 rings (SSSR count). The van der Waals surface area contributed by atoms with Crippen LogP contribution in [0.3, 0.4) is 0 Å². The Bertz CT molecular complexity index is 194. The average molecular weight is 222 g/mol. The van der Waals surface area contributed by atoms with Crippen molar-refractivity contribution in [2.75, 3.05) is 0 Å². The van der Waals surface area contributed by atoms with E-state index in [1.807, 2.05) is 0 Å². The van der Waals surface area contributed by atoms with Gasteiger partial charge in [-0.05, 0) is 42.9 Å². The molecule has 94 valence electrons. The summed E-state index contributed by atoms with van der Waals surface area (Å²) in [4.78, 5) is 0. The summed E-state index contributed by atoms with van der Waals surface area (Å²) in [7, 11) is 0. The van der Waals surface area contributed by atoms with Crippen LogP contribution in [0.15, 0.2) is 0 Å². The molecular weight excluding hydrogens is 192 g/mol. The van der Waals surface area contributed by atoms with Gasteiger partial charge in [-0.25, -0.2) is 0 Å². The minimum atomic E-state index is 0.757. The van der Waals surface area contributed by atoms with E-state index in [9.17, 15) is 0 Å². The van der Waals surface area contributed by atoms with Crippen LogP contribution < -0.4 is 0 Å². The fourth-order valence-electron chi connectivity index (χ4n) is 4.60. The summed E-state index contributed by atoms with van der Waals surface area (Å²) in [6.07, 6.45) is 16.7. The Kier molecular flexibility index (Phi) is 4.33. The molecule has 0 bridgehead atoms. The molecule has 0 aromatic carbocycles. The molecule has 0 radical (unpaired) electrons. The van der Waals surface area contributed by atoms with Gasteiger partial charge in [-0.15, -0.1) is 0 Å². The maximum Gasteiger partial charge on any atom is -0.0244 e. The van der Waals surface area contributed by atoms with Crippen LogP contribution >= 0.6 is 0 Å². The van der Waals surface area contributed by atoms with Crippen molar-refractivity contribution in [1.82, 2.24) is 0 Å². The highest BCUT2D eigenvalue weighted by molar-refractivity contribution is 4.93. The van der Waals surface area contributed by atoms with Crippen molar-refractivity contribution in [3.8, 4) is 0 Å². The first-order chi connectivity index (χ1) is 7.79. The summed E-state index contributed by atoms with van der Waals surface area (Å²) >= 11 is 0. The Morgan fingerprint density at radius 1 is 0.938 bits per heavy atom. The summed E-state index contributed by atoms with van der Waals surface area (Å²) in [5, 5.41) is 0. The topological polar surface area (TPSA) is 0 Å². The highest BCUT2D eigenvalue weighted by Gasteiger charge is 2.42. The molecule has 16 heavy (non-hydrogen) atoms. The van der Waals surface area contributed by atoms with Crippen molar-refractivity contribution in [2.24, 2.45) is 17.3 Å². The van der Waals surface area contributed by atoms with Crippen LogP contribution in [0, 0.1) is 17.3 Å². The lowest BCUT2D eigenvalue weighted by atomic mass is 9.56. The van der Waals surface area contributed by atoms with Crippen molar-refractivity contribution >= 4 is 0 Å². The Morgan fingerprint density at radius 3 is 2.06 bits per heavy atom. The molecule has 0 saturated heterocycles. The predicted molar refractivity (Wildman–Crippen MR) is 71.5 cm³/mol. The average Bonchev–Trinajstić information content (AvgIpc) is 2.39. The van der Waals surface area contributed by atoms with Crippen molar-refractivity contribution in [2.45, 2.75) is 84.5 Å². The van der Waals surface area contributed by atoms with Gasteiger partial charge in [0.05, 0.1) is 0 Å². The van der Waals surface area contributed by atoms with Crippen LogP contribution in [-0.2, 0) is 0 Å². The van der Waals surface area contributed by atoms with Gasteiger partial charge in [0.25, 0.3) is 0 Å². The van der Waals surface area contributed by atoms with E-state index >= 15 is 0 Å². The zero-order valence-corrected chi connectivity index (χ0v) is 11.4. The first kappa shape index (κ1) is 12.5. The zero-order valence-electron chi connectivity index (χ0n) is 11.4. The van der Waals surface area contributed by atoms with E-state index in [0.717, 1.165) is 17.3 Å². The number of rotatable bonds is 3. The molecule has 0 aliphatic heterocycles. The van der Waals surface area contributed by atoms with Crippen LogP contribution in [-0.4, -0.2) is 0 Å². The number of hydrogen-bond donors (Lipinski definition) is 0. The molecule has 0 nitrogen and oxygen atoms in total. The lowest BCUT2D eigenvalue weighted by molar-refractivity contribution is 0.00974. The van der Waals surface area contributed by atoms with Gasteiger partial charge in [0.2, 0.25) is 0 Å². The first-order valence-electron chi connectivity index (χ1n) is 7.79. The molecule has 0 amide bonds. The third-order valence-corrected chi connectivity index (χ3v) is 5.80. The van der Waals surface area contributed by atoms with E-state index in [-0.39, 0.29) is 0 Å². The summed E-state index contributed by atoms with van der Waals surface area (Å²) in [5.74, 6) is 2.05. The van der Waals surface area contributed by atoms with Crippen molar-refractivity contribution in [3.63, 3.8) is 0 Å². The third-order valence-electron chi connectivity index (χ3n) is 5.80.